The molecule has 0 radical (unpaired) electrons. The SMILES string of the molecule is Nc1c(-c2ccc(C3CCCCC3)cc2)cnc2cc(-c3cccs3)nn12. The van der Waals surface area contributed by atoms with Gasteiger partial charge in [-0.25, -0.2) is 4.98 Å². The Morgan fingerprint density at radius 3 is 2.59 bits per heavy atom. The molecule has 136 valence electrons. The highest BCUT2D eigenvalue weighted by atomic mass is 32.1. The Kier molecular flexibility index (Phi) is 4.17. The van der Waals surface area contributed by atoms with Crippen LogP contribution in [0, 0.1) is 0 Å². The topological polar surface area (TPSA) is 56.2 Å². The first kappa shape index (κ1) is 16.5. The zero-order valence-corrected chi connectivity index (χ0v) is 16.0. The second-order valence-corrected chi connectivity index (χ2v) is 8.24. The van der Waals surface area contributed by atoms with E-state index in [1.54, 1.807) is 15.9 Å². The molecule has 3 aromatic heterocycles. The number of benzene rings is 1. The minimum Gasteiger partial charge on any atom is -0.383 e. The first-order chi connectivity index (χ1) is 13.3. The lowest BCUT2D eigenvalue weighted by molar-refractivity contribution is 0.443. The van der Waals surface area contributed by atoms with Crippen LogP contribution in [-0.4, -0.2) is 14.6 Å². The lowest BCUT2D eigenvalue weighted by atomic mass is 9.84. The molecule has 3 heterocycles. The largest absolute Gasteiger partial charge is 0.383 e. The van der Waals surface area contributed by atoms with Crippen molar-refractivity contribution in [3.63, 3.8) is 0 Å². The van der Waals surface area contributed by atoms with Gasteiger partial charge in [-0.3, -0.25) is 0 Å². The van der Waals surface area contributed by atoms with E-state index in [9.17, 15) is 0 Å². The van der Waals surface area contributed by atoms with E-state index >= 15 is 0 Å². The van der Waals surface area contributed by atoms with Crippen LogP contribution >= 0.6 is 11.3 Å². The van der Waals surface area contributed by atoms with Gasteiger partial charge in [-0.2, -0.15) is 9.61 Å². The molecule has 1 aromatic carbocycles. The highest BCUT2D eigenvalue weighted by Crippen LogP contribution is 2.34. The average Bonchev–Trinajstić information content (AvgIpc) is 3.39. The fourth-order valence-electron chi connectivity index (χ4n) is 4.09. The van der Waals surface area contributed by atoms with Gasteiger partial charge in [0.1, 0.15) is 11.5 Å². The summed E-state index contributed by atoms with van der Waals surface area (Å²) in [6.07, 6.45) is 8.58. The average molecular weight is 375 g/mol. The van der Waals surface area contributed by atoms with E-state index in [0.29, 0.717) is 11.7 Å². The van der Waals surface area contributed by atoms with Crippen LogP contribution in [-0.2, 0) is 0 Å². The number of nitrogens with two attached hydrogens (primary N) is 1. The van der Waals surface area contributed by atoms with Crippen molar-refractivity contribution < 1.29 is 0 Å². The summed E-state index contributed by atoms with van der Waals surface area (Å²) in [5.74, 6) is 1.35. The van der Waals surface area contributed by atoms with E-state index in [4.69, 9.17) is 5.73 Å². The number of hydrogen-bond donors (Lipinski definition) is 1. The monoisotopic (exact) mass is 374 g/mol. The molecule has 0 aliphatic heterocycles. The van der Waals surface area contributed by atoms with E-state index < -0.39 is 0 Å². The summed E-state index contributed by atoms with van der Waals surface area (Å²) < 4.78 is 1.75. The molecule has 0 amide bonds. The second-order valence-electron chi connectivity index (χ2n) is 7.29. The van der Waals surface area contributed by atoms with Crippen LogP contribution in [0.3, 0.4) is 0 Å². The van der Waals surface area contributed by atoms with Crippen molar-refractivity contribution >= 4 is 22.8 Å². The standard InChI is InChI=1S/C22H22N4S/c23-22-18(17-10-8-16(9-11-17)15-5-2-1-3-6-15)14-24-21-13-19(25-26(21)22)20-7-4-12-27-20/h4,7-15H,1-3,5-6,23H2. The third kappa shape index (κ3) is 3.02. The summed E-state index contributed by atoms with van der Waals surface area (Å²) >= 11 is 1.67. The molecule has 4 nitrogen and oxygen atoms in total. The first-order valence-corrected chi connectivity index (χ1v) is 10.5. The van der Waals surface area contributed by atoms with Crippen molar-refractivity contribution in [3.8, 4) is 21.7 Å². The van der Waals surface area contributed by atoms with Crippen LogP contribution in [0.4, 0.5) is 5.82 Å². The normalized spacial score (nSPS) is 15.4. The van der Waals surface area contributed by atoms with Gasteiger partial charge in [0.25, 0.3) is 0 Å². The van der Waals surface area contributed by atoms with Crippen LogP contribution in [0.25, 0.3) is 27.3 Å². The molecular weight excluding hydrogens is 352 g/mol. The lowest BCUT2D eigenvalue weighted by Crippen LogP contribution is -2.05. The molecule has 0 saturated heterocycles. The van der Waals surface area contributed by atoms with Gasteiger partial charge in [0.15, 0.2) is 5.65 Å². The second kappa shape index (κ2) is 6.82. The van der Waals surface area contributed by atoms with E-state index in [2.05, 4.69) is 45.8 Å². The number of hydrogen-bond acceptors (Lipinski definition) is 4. The van der Waals surface area contributed by atoms with Gasteiger partial charge in [0, 0.05) is 17.8 Å². The van der Waals surface area contributed by atoms with Crippen LogP contribution in [0.5, 0.6) is 0 Å². The number of aromatic nitrogens is 3. The Balaban J connectivity index is 1.50. The zero-order chi connectivity index (χ0) is 18.2. The highest BCUT2D eigenvalue weighted by molar-refractivity contribution is 7.13. The number of anilines is 1. The first-order valence-electron chi connectivity index (χ1n) is 9.58. The fourth-order valence-corrected chi connectivity index (χ4v) is 4.77. The molecule has 27 heavy (non-hydrogen) atoms. The molecule has 5 heteroatoms. The van der Waals surface area contributed by atoms with Crippen LogP contribution in [0.1, 0.15) is 43.6 Å². The number of nitrogen functional groups attached to an aromatic ring is 1. The van der Waals surface area contributed by atoms with E-state index in [1.165, 1.54) is 37.7 Å². The van der Waals surface area contributed by atoms with Gasteiger partial charge in [-0.15, -0.1) is 11.3 Å². The number of nitrogens with zero attached hydrogens (tertiary/aromatic N) is 3. The van der Waals surface area contributed by atoms with Crippen LogP contribution < -0.4 is 5.73 Å². The molecule has 2 N–H and O–H groups in total. The summed E-state index contributed by atoms with van der Waals surface area (Å²) in [5.41, 5.74) is 11.6. The Bertz CT molecular complexity index is 1060. The Labute approximate surface area is 162 Å². The van der Waals surface area contributed by atoms with Crippen molar-refractivity contribution in [1.82, 2.24) is 14.6 Å². The Morgan fingerprint density at radius 2 is 1.85 bits per heavy atom. The van der Waals surface area contributed by atoms with Gasteiger partial charge >= 0.3 is 0 Å². The van der Waals surface area contributed by atoms with Crippen molar-refractivity contribution in [1.29, 1.82) is 0 Å². The van der Waals surface area contributed by atoms with Crippen LogP contribution in [0.15, 0.2) is 54.0 Å². The number of fused-ring (bicyclic) bond motifs is 1. The van der Waals surface area contributed by atoms with Gasteiger partial charge in [0.2, 0.25) is 0 Å². The Morgan fingerprint density at radius 1 is 1.04 bits per heavy atom. The summed E-state index contributed by atoms with van der Waals surface area (Å²) in [6.45, 7) is 0. The smallest absolute Gasteiger partial charge is 0.157 e. The minimum atomic E-state index is 0.633. The summed E-state index contributed by atoms with van der Waals surface area (Å²) in [5, 5.41) is 6.72. The van der Waals surface area contributed by atoms with Crippen molar-refractivity contribution in [2.24, 2.45) is 0 Å². The van der Waals surface area contributed by atoms with Gasteiger partial charge in [-0.1, -0.05) is 49.6 Å². The van der Waals surface area contributed by atoms with Crippen molar-refractivity contribution in [2.75, 3.05) is 5.73 Å². The predicted molar refractivity (Wildman–Crippen MR) is 112 cm³/mol. The quantitative estimate of drug-likeness (QED) is 0.496. The van der Waals surface area contributed by atoms with Gasteiger partial charge < -0.3 is 5.73 Å². The molecule has 0 atom stereocenters. The predicted octanol–water partition coefficient (Wildman–Crippen LogP) is 5.75. The van der Waals surface area contributed by atoms with Gasteiger partial charge in [-0.05, 0) is 41.3 Å². The van der Waals surface area contributed by atoms with Gasteiger partial charge in [0.05, 0.1) is 4.88 Å². The van der Waals surface area contributed by atoms with E-state index in [-0.39, 0.29) is 0 Å². The molecule has 1 aliphatic carbocycles. The lowest BCUT2D eigenvalue weighted by Gasteiger charge is -2.22. The third-order valence-corrected chi connectivity index (χ3v) is 6.48. The van der Waals surface area contributed by atoms with Crippen LogP contribution in [0.2, 0.25) is 0 Å². The number of rotatable bonds is 3. The molecule has 1 fully saturated rings. The molecule has 5 rings (SSSR count). The third-order valence-electron chi connectivity index (χ3n) is 5.59. The molecule has 4 aromatic rings. The highest BCUT2D eigenvalue weighted by Gasteiger charge is 2.16. The molecular formula is C22H22N4S. The molecule has 1 aliphatic rings. The summed E-state index contributed by atoms with van der Waals surface area (Å²) in [7, 11) is 0. The summed E-state index contributed by atoms with van der Waals surface area (Å²) in [6, 6.07) is 14.9. The molecule has 0 unspecified atom stereocenters. The number of thiophene rings is 1. The summed E-state index contributed by atoms with van der Waals surface area (Å²) in [4.78, 5) is 5.71. The van der Waals surface area contributed by atoms with Crippen molar-refractivity contribution in [3.05, 3.63) is 59.6 Å². The minimum absolute atomic E-state index is 0.633. The Hall–Kier alpha value is -2.66. The molecule has 1 saturated carbocycles. The zero-order valence-electron chi connectivity index (χ0n) is 15.1. The maximum absolute atomic E-state index is 6.46. The maximum Gasteiger partial charge on any atom is 0.157 e. The fraction of sp³-hybridized carbons (Fsp3) is 0.273. The maximum atomic E-state index is 6.46. The molecule has 0 spiro atoms. The molecule has 0 bridgehead atoms. The van der Waals surface area contributed by atoms with E-state index in [0.717, 1.165) is 27.3 Å². The van der Waals surface area contributed by atoms with Crippen molar-refractivity contribution in [2.45, 2.75) is 38.0 Å². The van der Waals surface area contributed by atoms with E-state index in [1.807, 2.05) is 18.3 Å².